The van der Waals surface area contributed by atoms with Gasteiger partial charge in [0, 0.05) is 0 Å². The second-order valence-electron chi connectivity index (χ2n) is 20.8. The van der Waals surface area contributed by atoms with E-state index < -0.39 is 177 Å². The number of ether oxygens (including phenoxy) is 8. The molecular weight excluding hydrogens is 896 g/mol. The van der Waals surface area contributed by atoms with Crippen LogP contribution >= 0.6 is 0 Å². The average Bonchev–Trinajstić information content (AvgIpc) is 3.50. The summed E-state index contributed by atoms with van der Waals surface area (Å²) < 4.78 is 48.2. The Kier molecular flexibility index (Phi) is 15.0. The van der Waals surface area contributed by atoms with Gasteiger partial charge in [-0.1, -0.05) is 19.9 Å². The topological polar surface area (TPSA) is 374 Å². The number of esters is 1. The molecule has 4 saturated heterocycles. The van der Waals surface area contributed by atoms with Gasteiger partial charge in [0.15, 0.2) is 18.9 Å². The van der Waals surface area contributed by atoms with Gasteiger partial charge in [-0.15, -0.1) is 0 Å². The van der Waals surface area contributed by atoms with Crippen LogP contribution in [0.4, 0.5) is 0 Å². The number of carbonyl (C=O) groups is 1. The molecule has 8 fully saturated rings. The highest BCUT2D eigenvalue weighted by atomic mass is 16.8. The smallest absolute Gasteiger partial charge is 0.314 e. The van der Waals surface area contributed by atoms with Gasteiger partial charge in [0.1, 0.15) is 97.7 Å². The molecule has 18 unspecified atom stereocenters. The molecule has 14 N–H and O–H groups in total. The van der Waals surface area contributed by atoms with E-state index in [9.17, 15) is 76.3 Å². The molecule has 1 spiro atoms. The van der Waals surface area contributed by atoms with Crippen molar-refractivity contribution in [3.63, 3.8) is 0 Å². The quantitative estimate of drug-likeness (QED) is 0.0494. The number of carbonyl (C=O) groups excluding carboxylic acids is 1. The van der Waals surface area contributed by atoms with Crippen molar-refractivity contribution < 1.29 is 114 Å². The summed E-state index contributed by atoms with van der Waals surface area (Å²) in [5.41, 5.74) is -2.33. The molecule has 0 aromatic heterocycles. The largest absolute Gasteiger partial charge is 0.432 e. The molecular formula is C44H70O23. The molecule has 26 atom stereocenters. The molecule has 4 heterocycles. The summed E-state index contributed by atoms with van der Waals surface area (Å²) in [5, 5.41) is 148. The molecule has 23 heteroatoms. The standard InChI is InChI=1S/C44H70O23/c1-17-11-43-9-5-22-41(2,7-4-8-42(22,3)40(59)66-38-33(58)30(55)26(51)20(14-47)62-38)23(43)6-10-44(17,16-43)67-39-35(65-37-32(57)29(54)25(50)19(13-46)61-37)34(27(52)21(15-48)63-39)64-36-31(56)28(53)24(49)18(12-45)60-36/h18-39,45-58H,1,4-16H2,2-3H3/t18?,19?,20?,21?,22-,23-,24?,25?,26+,27?,28?,29?,30?,31?,32?,33-,34?,35?,36?,37?,38-,39?,41+,42+,43+,44?/m0/s1. The van der Waals surface area contributed by atoms with Crippen molar-refractivity contribution in [1.29, 1.82) is 0 Å². The van der Waals surface area contributed by atoms with E-state index in [0.717, 1.165) is 6.42 Å². The molecule has 8 rings (SSSR count). The Hall–Kier alpha value is -1.63. The summed E-state index contributed by atoms with van der Waals surface area (Å²) in [6.45, 7) is 5.41. The molecule has 0 aromatic carbocycles. The van der Waals surface area contributed by atoms with Crippen LogP contribution in [-0.2, 0) is 42.7 Å². The van der Waals surface area contributed by atoms with Crippen LogP contribution in [0.25, 0.3) is 0 Å². The summed E-state index contributed by atoms with van der Waals surface area (Å²) in [6, 6.07) is 0. The number of aliphatic hydroxyl groups is 14. The second kappa shape index (κ2) is 19.4. The third-order valence-electron chi connectivity index (χ3n) is 17.1. The lowest BCUT2D eigenvalue weighted by Gasteiger charge is -2.64. The van der Waals surface area contributed by atoms with Crippen LogP contribution in [0.3, 0.4) is 0 Å². The monoisotopic (exact) mass is 966 g/mol. The van der Waals surface area contributed by atoms with Crippen LogP contribution in [0.2, 0.25) is 0 Å². The van der Waals surface area contributed by atoms with E-state index in [1.165, 1.54) is 0 Å². The van der Waals surface area contributed by atoms with Gasteiger partial charge in [-0.25, -0.2) is 0 Å². The maximum absolute atomic E-state index is 14.3. The van der Waals surface area contributed by atoms with Crippen molar-refractivity contribution in [2.75, 3.05) is 26.4 Å². The van der Waals surface area contributed by atoms with E-state index in [1.54, 1.807) is 0 Å². The van der Waals surface area contributed by atoms with Crippen LogP contribution in [0.5, 0.6) is 0 Å². The van der Waals surface area contributed by atoms with Crippen molar-refractivity contribution in [2.24, 2.45) is 28.1 Å². The first-order valence-corrected chi connectivity index (χ1v) is 23.4. The Balaban J connectivity index is 1.06. The summed E-state index contributed by atoms with van der Waals surface area (Å²) >= 11 is 0. The number of rotatable bonds is 12. The Morgan fingerprint density at radius 1 is 0.567 bits per heavy atom. The van der Waals surface area contributed by atoms with Gasteiger partial charge in [0.25, 0.3) is 0 Å². The molecule has 0 radical (unpaired) electrons. The van der Waals surface area contributed by atoms with Crippen LogP contribution in [0, 0.1) is 28.1 Å². The van der Waals surface area contributed by atoms with Gasteiger partial charge in [0.2, 0.25) is 6.29 Å². The maximum Gasteiger partial charge on any atom is 0.314 e. The second-order valence-corrected chi connectivity index (χ2v) is 20.8. The fourth-order valence-electron chi connectivity index (χ4n) is 13.5. The lowest BCUT2D eigenvalue weighted by molar-refractivity contribution is -0.400. The third kappa shape index (κ3) is 8.63. The van der Waals surface area contributed by atoms with Crippen molar-refractivity contribution in [3.05, 3.63) is 12.2 Å². The Bertz CT molecular complexity index is 1760. The van der Waals surface area contributed by atoms with Crippen molar-refractivity contribution in [3.8, 4) is 0 Å². The van der Waals surface area contributed by atoms with E-state index in [4.69, 9.17) is 37.9 Å². The highest BCUT2D eigenvalue weighted by Crippen LogP contribution is 2.74. The first kappa shape index (κ1) is 51.7. The molecule has 2 bridgehead atoms. The minimum absolute atomic E-state index is 0.0251. The van der Waals surface area contributed by atoms with Crippen molar-refractivity contribution in [1.82, 2.24) is 0 Å². The van der Waals surface area contributed by atoms with Crippen LogP contribution in [0.15, 0.2) is 12.2 Å². The van der Waals surface area contributed by atoms with Crippen molar-refractivity contribution >= 4 is 5.97 Å². The lowest BCUT2D eigenvalue weighted by Crippen LogP contribution is -2.68. The zero-order valence-corrected chi connectivity index (χ0v) is 37.5. The number of aliphatic hydroxyl groups excluding tert-OH is 14. The summed E-state index contributed by atoms with van der Waals surface area (Å²) in [6.07, 6.45) is -29.1. The first-order chi connectivity index (χ1) is 31.6. The summed E-state index contributed by atoms with van der Waals surface area (Å²) in [4.78, 5) is 14.3. The molecule has 0 aromatic rings. The van der Waals surface area contributed by atoms with E-state index in [2.05, 4.69) is 13.5 Å². The van der Waals surface area contributed by atoms with E-state index in [1.807, 2.05) is 6.92 Å². The van der Waals surface area contributed by atoms with Gasteiger partial charge in [-0.2, -0.15) is 0 Å². The minimum Gasteiger partial charge on any atom is -0.432 e. The SMILES string of the molecule is C=C1C[C@@]23CC[C@H]4[C@@](C)(CCC[C@@]4(C)C(=O)O[C@@H]4OC(CO)[C@@H](O)C(O)[C@@H]4O)[C@@H]2CCC1(OC1OC(CO)C(O)C(OC2OC(CO)C(O)C(O)C2O)C1OC1OC(CO)C(O)C(O)C1O)C3. The van der Waals surface area contributed by atoms with Gasteiger partial charge in [-0.3, -0.25) is 4.79 Å². The number of hydrogen-bond donors (Lipinski definition) is 14. The summed E-state index contributed by atoms with van der Waals surface area (Å²) in [5.74, 6) is -0.805. The van der Waals surface area contributed by atoms with Crippen LogP contribution in [-0.4, -0.2) is 232 Å². The molecule has 4 aliphatic heterocycles. The van der Waals surface area contributed by atoms with Gasteiger partial charge in [0.05, 0.1) is 37.4 Å². The molecule has 4 aliphatic carbocycles. The third-order valence-corrected chi connectivity index (χ3v) is 17.1. The highest BCUT2D eigenvalue weighted by molar-refractivity contribution is 5.77. The zero-order valence-electron chi connectivity index (χ0n) is 37.5. The minimum atomic E-state index is -1.95. The van der Waals surface area contributed by atoms with Gasteiger partial charge < -0.3 is 109 Å². The fourth-order valence-corrected chi connectivity index (χ4v) is 13.5. The maximum atomic E-state index is 14.3. The summed E-state index contributed by atoms with van der Waals surface area (Å²) in [7, 11) is 0. The molecule has 384 valence electrons. The fraction of sp³-hybridized carbons (Fsp3) is 0.932. The van der Waals surface area contributed by atoms with Crippen LogP contribution in [0.1, 0.15) is 71.6 Å². The number of fused-ring (bicyclic) bond motifs is 3. The Morgan fingerprint density at radius 3 is 1.57 bits per heavy atom. The average molecular weight is 967 g/mol. The van der Waals surface area contributed by atoms with Crippen molar-refractivity contribution in [2.45, 2.75) is 200 Å². The number of hydrogen-bond acceptors (Lipinski definition) is 23. The highest BCUT2D eigenvalue weighted by Gasteiger charge is 2.70. The Morgan fingerprint density at radius 2 is 1.03 bits per heavy atom. The van der Waals surface area contributed by atoms with E-state index >= 15 is 0 Å². The van der Waals surface area contributed by atoms with E-state index in [-0.39, 0.29) is 11.8 Å². The van der Waals surface area contributed by atoms with E-state index in [0.29, 0.717) is 56.9 Å². The normalized spacial score (nSPS) is 54.5. The van der Waals surface area contributed by atoms with Gasteiger partial charge in [-0.05, 0) is 86.5 Å². The Labute approximate surface area is 386 Å². The van der Waals surface area contributed by atoms with Gasteiger partial charge >= 0.3 is 5.97 Å². The molecule has 4 saturated carbocycles. The predicted molar refractivity (Wildman–Crippen MR) is 219 cm³/mol. The molecule has 23 nitrogen and oxygen atoms in total. The zero-order chi connectivity index (χ0) is 48.7. The van der Waals surface area contributed by atoms with Crippen LogP contribution < -0.4 is 0 Å². The first-order valence-electron chi connectivity index (χ1n) is 23.4. The molecule has 0 amide bonds. The lowest BCUT2D eigenvalue weighted by atomic mass is 9.41. The molecule has 8 aliphatic rings. The molecule has 67 heavy (non-hydrogen) atoms. The predicted octanol–water partition coefficient (Wildman–Crippen LogP) is -5.11.